The Morgan fingerprint density at radius 1 is 1.05 bits per heavy atom. The molecule has 108 valence electrons. The predicted octanol–water partition coefficient (Wildman–Crippen LogP) is 3.52. The molecule has 3 rings (SSSR count). The van der Waals surface area contributed by atoms with E-state index in [4.69, 9.17) is 0 Å². The zero-order chi connectivity index (χ0) is 14.9. The number of hydrogen-bond acceptors (Lipinski definition) is 3. The molecule has 3 aromatic rings. The molecule has 0 fully saturated rings. The summed E-state index contributed by atoms with van der Waals surface area (Å²) in [5, 5.41) is 1.09. The lowest BCUT2D eigenvalue weighted by molar-refractivity contribution is 0.578. The van der Waals surface area contributed by atoms with Gasteiger partial charge in [-0.2, -0.15) is 0 Å². The van der Waals surface area contributed by atoms with Gasteiger partial charge in [-0.15, -0.1) is 11.3 Å². The zero-order valence-corrected chi connectivity index (χ0v) is 12.5. The molecule has 0 bridgehead atoms. The van der Waals surface area contributed by atoms with Gasteiger partial charge in [-0.1, -0.05) is 24.3 Å². The number of fused-ring (bicyclic) bond motifs is 1. The second-order valence-electron chi connectivity index (χ2n) is 4.53. The van der Waals surface area contributed by atoms with Crippen molar-refractivity contribution in [3.05, 3.63) is 65.3 Å². The Balaban J connectivity index is 1.80. The average Bonchev–Trinajstić information content (AvgIpc) is 2.88. The van der Waals surface area contributed by atoms with E-state index in [1.54, 1.807) is 0 Å². The van der Waals surface area contributed by atoms with Crippen molar-refractivity contribution in [2.45, 2.75) is 11.4 Å². The first-order valence-corrected chi connectivity index (χ1v) is 8.57. The molecule has 0 amide bonds. The molecule has 21 heavy (non-hydrogen) atoms. The minimum absolute atomic E-state index is 0.0661. The number of sulfonamides is 1. The molecular formula is C15H12FNO2S2. The van der Waals surface area contributed by atoms with Gasteiger partial charge in [0.15, 0.2) is 0 Å². The van der Waals surface area contributed by atoms with Gasteiger partial charge in [-0.3, -0.25) is 0 Å². The number of halogens is 1. The summed E-state index contributed by atoms with van der Waals surface area (Å²) in [6, 6.07) is 14.8. The fourth-order valence-corrected chi connectivity index (χ4v) is 4.14. The molecule has 0 saturated heterocycles. The number of thiophene rings is 1. The van der Waals surface area contributed by atoms with Gasteiger partial charge in [0.2, 0.25) is 10.0 Å². The van der Waals surface area contributed by atoms with Gasteiger partial charge >= 0.3 is 0 Å². The summed E-state index contributed by atoms with van der Waals surface area (Å²) in [4.78, 5) is 0.847. The molecule has 0 aliphatic rings. The molecule has 1 heterocycles. The second kappa shape index (κ2) is 5.55. The highest BCUT2D eigenvalue weighted by Gasteiger charge is 2.14. The van der Waals surface area contributed by atoms with Gasteiger partial charge in [0.1, 0.15) is 5.82 Å². The van der Waals surface area contributed by atoms with Crippen LogP contribution >= 0.6 is 11.3 Å². The molecule has 1 N–H and O–H groups in total. The van der Waals surface area contributed by atoms with Crippen LogP contribution in [0.5, 0.6) is 0 Å². The van der Waals surface area contributed by atoms with Gasteiger partial charge in [0, 0.05) is 16.1 Å². The highest BCUT2D eigenvalue weighted by atomic mass is 32.2. The molecule has 0 radical (unpaired) electrons. The SMILES string of the molecule is O=S(=O)(NCc1cc2ccccc2s1)c1cccc(F)c1. The minimum atomic E-state index is -3.70. The van der Waals surface area contributed by atoms with Crippen molar-refractivity contribution < 1.29 is 12.8 Å². The molecule has 1 aromatic heterocycles. The monoisotopic (exact) mass is 321 g/mol. The lowest BCUT2D eigenvalue weighted by Gasteiger charge is -2.05. The molecule has 2 aromatic carbocycles. The van der Waals surface area contributed by atoms with Crippen LogP contribution in [0.4, 0.5) is 4.39 Å². The number of hydrogen-bond donors (Lipinski definition) is 1. The largest absolute Gasteiger partial charge is 0.240 e. The Morgan fingerprint density at radius 2 is 1.86 bits per heavy atom. The number of rotatable bonds is 4. The summed E-state index contributed by atoms with van der Waals surface area (Å²) >= 11 is 1.54. The van der Waals surface area contributed by atoms with Gasteiger partial charge in [0.05, 0.1) is 4.90 Å². The Kier molecular flexibility index (Phi) is 3.75. The Bertz CT molecular complexity index is 854. The van der Waals surface area contributed by atoms with Crippen molar-refractivity contribution in [3.8, 4) is 0 Å². The van der Waals surface area contributed by atoms with E-state index in [1.165, 1.54) is 29.5 Å². The second-order valence-corrected chi connectivity index (χ2v) is 7.47. The summed E-state index contributed by atoms with van der Waals surface area (Å²) < 4.78 is 40.9. The van der Waals surface area contributed by atoms with Crippen molar-refractivity contribution in [2.75, 3.05) is 0 Å². The molecule has 0 saturated carbocycles. The van der Waals surface area contributed by atoms with Crippen molar-refractivity contribution >= 4 is 31.4 Å². The highest BCUT2D eigenvalue weighted by molar-refractivity contribution is 7.89. The minimum Gasteiger partial charge on any atom is -0.207 e. The summed E-state index contributed by atoms with van der Waals surface area (Å²) in [7, 11) is -3.70. The maximum atomic E-state index is 13.1. The van der Waals surface area contributed by atoms with Gasteiger partial charge in [0.25, 0.3) is 0 Å². The van der Waals surface area contributed by atoms with E-state index in [0.29, 0.717) is 0 Å². The number of benzene rings is 2. The molecule has 6 heteroatoms. The third-order valence-corrected chi connectivity index (χ3v) is 5.53. The number of nitrogens with one attached hydrogen (secondary N) is 1. The first-order valence-electron chi connectivity index (χ1n) is 6.27. The zero-order valence-electron chi connectivity index (χ0n) is 10.9. The van der Waals surface area contributed by atoms with E-state index >= 15 is 0 Å². The van der Waals surface area contributed by atoms with E-state index in [-0.39, 0.29) is 11.4 Å². The molecule has 0 aliphatic carbocycles. The van der Waals surface area contributed by atoms with Crippen LogP contribution in [0, 0.1) is 5.82 Å². The van der Waals surface area contributed by atoms with Crippen molar-refractivity contribution in [1.82, 2.24) is 4.72 Å². The quantitative estimate of drug-likeness (QED) is 0.799. The van der Waals surface area contributed by atoms with Crippen molar-refractivity contribution in [2.24, 2.45) is 0 Å². The maximum absolute atomic E-state index is 13.1. The molecule has 0 spiro atoms. The van der Waals surface area contributed by atoms with Crippen LogP contribution in [0.15, 0.2) is 59.5 Å². The van der Waals surface area contributed by atoms with Crippen LogP contribution < -0.4 is 4.72 Å². The van der Waals surface area contributed by atoms with Crippen LogP contribution in [-0.2, 0) is 16.6 Å². The lowest BCUT2D eigenvalue weighted by Crippen LogP contribution is -2.22. The first-order chi connectivity index (χ1) is 10.0. The Morgan fingerprint density at radius 3 is 2.62 bits per heavy atom. The first kappa shape index (κ1) is 14.2. The molecule has 0 unspecified atom stereocenters. The third kappa shape index (κ3) is 3.12. The fourth-order valence-electron chi connectivity index (χ4n) is 2.01. The fraction of sp³-hybridized carbons (Fsp3) is 0.0667. The van der Waals surface area contributed by atoms with Gasteiger partial charge in [-0.05, 0) is 35.7 Å². The van der Waals surface area contributed by atoms with Crippen LogP contribution in [0.25, 0.3) is 10.1 Å². The summed E-state index contributed by atoms with van der Waals surface area (Å²) in [5.41, 5.74) is 0. The Labute approximate surface area is 126 Å². The van der Waals surface area contributed by atoms with Gasteiger partial charge in [-0.25, -0.2) is 17.5 Å². The predicted molar refractivity (Wildman–Crippen MR) is 82.3 cm³/mol. The van der Waals surface area contributed by atoms with Crippen LogP contribution in [0.3, 0.4) is 0 Å². The van der Waals surface area contributed by atoms with Crippen LogP contribution in [0.2, 0.25) is 0 Å². The third-order valence-electron chi connectivity index (χ3n) is 3.02. The lowest BCUT2D eigenvalue weighted by atomic mass is 10.2. The standard InChI is InChI=1S/C15H12FNO2S2/c16-12-5-3-6-14(9-12)21(18,19)17-10-13-8-11-4-1-2-7-15(11)20-13/h1-9,17H,10H2. The Hall–Kier alpha value is -1.76. The molecule has 0 atom stereocenters. The van der Waals surface area contributed by atoms with Crippen LogP contribution in [-0.4, -0.2) is 8.42 Å². The molecular weight excluding hydrogens is 309 g/mol. The highest BCUT2D eigenvalue weighted by Crippen LogP contribution is 2.25. The van der Waals surface area contributed by atoms with Gasteiger partial charge < -0.3 is 0 Å². The van der Waals surface area contributed by atoms with E-state index in [9.17, 15) is 12.8 Å². The van der Waals surface area contributed by atoms with Crippen molar-refractivity contribution in [1.29, 1.82) is 0 Å². The topological polar surface area (TPSA) is 46.2 Å². The van der Waals surface area contributed by atoms with Crippen LogP contribution in [0.1, 0.15) is 4.88 Å². The average molecular weight is 321 g/mol. The van der Waals surface area contributed by atoms with E-state index in [1.807, 2.05) is 30.3 Å². The summed E-state index contributed by atoms with van der Waals surface area (Å²) in [6.45, 7) is 0.193. The maximum Gasteiger partial charge on any atom is 0.240 e. The smallest absolute Gasteiger partial charge is 0.207 e. The van der Waals surface area contributed by atoms with E-state index < -0.39 is 15.8 Å². The summed E-state index contributed by atoms with van der Waals surface area (Å²) in [6.07, 6.45) is 0. The molecule has 3 nitrogen and oxygen atoms in total. The van der Waals surface area contributed by atoms with Crippen molar-refractivity contribution in [3.63, 3.8) is 0 Å². The molecule has 0 aliphatic heterocycles. The normalized spacial score (nSPS) is 11.9. The van der Waals surface area contributed by atoms with E-state index in [2.05, 4.69) is 4.72 Å². The van der Waals surface area contributed by atoms with E-state index in [0.717, 1.165) is 21.0 Å². The summed E-state index contributed by atoms with van der Waals surface area (Å²) in [5.74, 6) is -0.570.